The molecule has 0 unspecified atom stereocenters. The van der Waals surface area contributed by atoms with Gasteiger partial charge in [-0.1, -0.05) is 5.16 Å². The van der Waals surface area contributed by atoms with Gasteiger partial charge in [0.2, 0.25) is 0 Å². The minimum atomic E-state index is 0.551. The van der Waals surface area contributed by atoms with Gasteiger partial charge in [0.1, 0.15) is 6.61 Å². The van der Waals surface area contributed by atoms with Gasteiger partial charge in [0.25, 0.3) is 0 Å². The van der Waals surface area contributed by atoms with Crippen LogP contribution in [-0.4, -0.2) is 21.2 Å². The van der Waals surface area contributed by atoms with E-state index in [4.69, 9.17) is 4.84 Å². The molecule has 0 aliphatic heterocycles. The molecule has 0 aliphatic rings. The predicted octanol–water partition coefficient (Wildman–Crippen LogP) is 1.50. The first kappa shape index (κ1) is 8.26. The highest BCUT2D eigenvalue weighted by atomic mass is 79.9. The summed E-state index contributed by atoms with van der Waals surface area (Å²) < 4.78 is 0.573. The summed E-state index contributed by atoms with van der Waals surface area (Å²) in [7, 11) is 0. The number of nitrogens with zero attached hydrogens (tertiary/aromatic N) is 2. The van der Waals surface area contributed by atoms with Crippen LogP contribution >= 0.6 is 15.9 Å². The average molecular weight is 218 g/mol. The molecule has 0 saturated heterocycles. The van der Waals surface area contributed by atoms with Crippen molar-refractivity contribution < 1.29 is 4.84 Å². The minimum absolute atomic E-state index is 0.551. The fraction of sp³-hybridized carbons (Fsp3) is 0.333. The van der Waals surface area contributed by atoms with Crippen LogP contribution in [0.2, 0.25) is 0 Å². The Morgan fingerprint density at radius 1 is 1.91 bits per heavy atom. The van der Waals surface area contributed by atoms with Crippen molar-refractivity contribution >= 4 is 20.6 Å². The van der Waals surface area contributed by atoms with E-state index in [1.54, 1.807) is 12.4 Å². The van der Waals surface area contributed by atoms with Crippen LogP contribution in [0.5, 0.6) is 0 Å². The van der Waals surface area contributed by atoms with Crippen LogP contribution in [0.25, 0.3) is 0 Å². The lowest BCUT2D eigenvalue weighted by atomic mass is 10.7. The van der Waals surface area contributed by atoms with E-state index < -0.39 is 0 Å². The zero-order chi connectivity index (χ0) is 8.10. The number of imidazole rings is 1. The van der Waals surface area contributed by atoms with Gasteiger partial charge in [-0.25, -0.2) is 4.98 Å². The van der Waals surface area contributed by atoms with Crippen molar-refractivity contribution in [3.8, 4) is 0 Å². The van der Waals surface area contributed by atoms with Crippen molar-refractivity contribution in [3.63, 3.8) is 0 Å². The number of halogens is 1. The summed E-state index contributed by atoms with van der Waals surface area (Å²) in [6, 6.07) is 0. The second-order valence-corrected chi connectivity index (χ2v) is 2.49. The third-order valence-corrected chi connectivity index (χ3v) is 1.49. The van der Waals surface area contributed by atoms with Crippen LogP contribution < -0.4 is 0 Å². The maximum Gasteiger partial charge on any atom is 0.187 e. The minimum Gasteiger partial charge on any atom is -0.395 e. The van der Waals surface area contributed by atoms with Gasteiger partial charge >= 0.3 is 0 Å². The summed E-state index contributed by atoms with van der Waals surface area (Å²) in [5.74, 6) is 0.665. The molecule has 0 radical (unpaired) electrons. The van der Waals surface area contributed by atoms with E-state index in [0.717, 1.165) is 0 Å². The van der Waals surface area contributed by atoms with Gasteiger partial charge < -0.3 is 9.82 Å². The number of hydrogen-bond donors (Lipinski definition) is 1. The molecule has 0 amide bonds. The Balaban J connectivity index is 2.62. The molecule has 0 bridgehead atoms. The summed E-state index contributed by atoms with van der Waals surface area (Å²) in [6.07, 6.45) is 3.37. The molecule has 0 atom stereocenters. The highest BCUT2D eigenvalue weighted by Gasteiger charge is 2.00. The van der Waals surface area contributed by atoms with Crippen molar-refractivity contribution in [1.82, 2.24) is 9.97 Å². The number of rotatable bonds is 3. The molecule has 5 heteroatoms. The van der Waals surface area contributed by atoms with Crippen LogP contribution in [0.3, 0.4) is 0 Å². The third-order valence-electron chi connectivity index (χ3n) is 0.967. The van der Waals surface area contributed by atoms with E-state index in [9.17, 15) is 0 Å². The second-order valence-electron chi connectivity index (χ2n) is 1.74. The smallest absolute Gasteiger partial charge is 0.187 e. The van der Waals surface area contributed by atoms with Crippen LogP contribution in [-0.2, 0) is 4.84 Å². The lowest BCUT2D eigenvalue weighted by Crippen LogP contribution is -1.94. The molecule has 60 valence electrons. The topological polar surface area (TPSA) is 50.3 Å². The summed E-state index contributed by atoms with van der Waals surface area (Å²) in [5.41, 5.74) is 0. The molecule has 1 aromatic heterocycles. The maximum absolute atomic E-state index is 4.80. The Kier molecular flexibility index (Phi) is 3.10. The van der Waals surface area contributed by atoms with Crippen molar-refractivity contribution in [1.29, 1.82) is 0 Å². The van der Waals surface area contributed by atoms with E-state index in [-0.39, 0.29) is 0 Å². The van der Waals surface area contributed by atoms with Crippen LogP contribution in [0, 0.1) is 0 Å². The number of H-pyrrole nitrogens is 1. The second kappa shape index (κ2) is 4.12. The Morgan fingerprint density at radius 3 is 3.27 bits per heavy atom. The molecule has 0 saturated carbocycles. The molecule has 1 N–H and O–H groups in total. The molecule has 11 heavy (non-hydrogen) atoms. The first-order chi connectivity index (χ1) is 5.34. The highest BCUT2D eigenvalue weighted by molar-refractivity contribution is 9.18. The predicted molar refractivity (Wildman–Crippen MR) is 45.7 cm³/mol. The van der Waals surface area contributed by atoms with E-state index in [1.165, 1.54) is 0 Å². The molecular formula is C6H8BrN3O. The third kappa shape index (κ3) is 2.34. The first-order valence-corrected chi connectivity index (χ1v) is 3.99. The van der Waals surface area contributed by atoms with Gasteiger partial charge in [-0.2, -0.15) is 0 Å². The Labute approximate surface area is 72.8 Å². The molecule has 0 aliphatic carbocycles. The summed E-state index contributed by atoms with van der Waals surface area (Å²) in [5, 5.41) is 3.72. The van der Waals surface area contributed by atoms with Gasteiger partial charge in [-0.3, -0.25) is 0 Å². The van der Waals surface area contributed by atoms with Gasteiger partial charge in [0.05, 0.1) is 0 Å². The molecule has 0 aromatic carbocycles. The van der Waals surface area contributed by atoms with E-state index in [2.05, 4.69) is 31.1 Å². The molecule has 1 rings (SSSR count). The lowest BCUT2D eigenvalue weighted by molar-refractivity contribution is 0.160. The van der Waals surface area contributed by atoms with Gasteiger partial charge in [0, 0.05) is 12.4 Å². The van der Waals surface area contributed by atoms with Gasteiger partial charge in [-0.15, -0.1) is 0 Å². The zero-order valence-electron chi connectivity index (χ0n) is 6.04. The van der Waals surface area contributed by atoms with Crippen molar-refractivity contribution in [2.75, 3.05) is 6.61 Å². The normalized spacial score (nSPS) is 11.6. The number of hydrogen-bond acceptors (Lipinski definition) is 3. The Morgan fingerprint density at radius 2 is 2.73 bits per heavy atom. The first-order valence-electron chi connectivity index (χ1n) is 3.19. The van der Waals surface area contributed by atoms with Crippen molar-refractivity contribution in [2.45, 2.75) is 6.92 Å². The van der Waals surface area contributed by atoms with E-state index in [1.807, 2.05) is 6.92 Å². The van der Waals surface area contributed by atoms with Crippen molar-refractivity contribution in [3.05, 3.63) is 18.2 Å². The molecule has 4 nitrogen and oxygen atoms in total. The quantitative estimate of drug-likeness (QED) is 0.617. The monoisotopic (exact) mass is 217 g/mol. The van der Waals surface area contributed by atoms with Crippen LogP contribution in [0.1, 0.15) is 12.7 Å². The molecular weight excluding hydrogens is 210 g/mol. The average Bonchev–Trinajstić information content (AvgIpc) is 2.52. The number of oxime groups is 1. The fourth-order valence-corrected chi connectivity index (χ4v) is 0.862. The fourth-order valence-electron chi connectivity index (χ4n) is 0.543. The van der Waals surface area contributed by atoms with E-state index in [0.29, 0.717) is 17.1 Å². The van der Waals surface area contributed by atoms with Crippen LogP contribution in [0.15, 0.2) is 17.5 Å². The molecule has 1 heterocycles. The zero-order valence-corrected chi connectivity index (χ0v) is 7.63. The molecule has 0 spiro atoms. The van der Waals surface area contributed by atoms with Gasteiger partial charge in [0.15, 0.2) is 10.4 Å². The summed E-state index contributed by atoms with van der Waals surface area (Å²) in [6.45, 7) is 2.42. The molecule has 1 aromatic rings. The highest BCUT2D eigenvalue weighted by Crippen LogP contribution is 2.00. The van der Waals surface area contributed by atoms with Gasteiger partial charge in [-0.05, 0) is 22.9 Å². The largest absolute Gasteiger partial charge is 0.395 e. The number of aromatic nitrogens is 2. The van der Waals surface area contributed by atoms with Crippen LogP contribution in [0.4, 0.5) is 0 Å². The lowest BCUT2D eigenvalue weighted by Gasteiger charge is -1.93. The number of nitrogens with one attached hydrogen (secondary N) is 1. The van der Waals surface area contributed by atoms with E-state index >= 15 is 0 Å². The summed E-state index contributed by atoms with van der Waals surface area (Å²) in [4.78, 5) is 11.6. The van der Waals surface area contributed by atoms with Crippen molar-refractivity contribution in [2.24, 2.45) is 5.16 Å². The number of aromatic amines is 1. The maximum atomic E-state index is 4.80. The Hall–Kier alpha value is -0.840. The Bertz CT molecular complexity index is 232. The molecule has 0 fully saturated rings. The standard InChI is InChI=1S/C6H8BrN3O/c1-2-11-10-5(7)6-8-3-4-9-6/h3-4H,2H2,1H3,(H,8,9)/b10-5+. The SMILES string of the molecule is CCO/N=C(/Br)c1ncc[nH]1. The summed E-state index contributed by atoms with van der Waals surface area (Å²) >= 11 is 3.20.